The van der Waals surface area contributed by atoms with Crippen LogP contribution in [0.25, 0.3) is 10.9 Å². The monoisotopic (exact) mass is 483 g/mol. The lowest BCUT2D eigenvalue weighted by molar-refractivity contribution is 0.262. The molecule has 1 aromatic heterocycles. The number of hydrogen-bond donors (Lipinski definition) is 3. The second-order valence-corrected chi connectivity index (χ2v) is 9.33. The van der Waals surface area contributed by atoms with Gasteiger partial charge in [-0.25, -0.2) is 4.79 Å². The van der Waals surface area contributed by atoms with Gasteiger partial charge in [-0.05, 0) is 80.4 Å². The number of rotatable bonds is 9. The van der Waals surface area contributed by atoms with Crippen molar-refractivity contribution in [3.05, 3.63) is 79.0 Å². The molecule has 3 N–H and O–H groups in total. The number of aromatic nitrogens is 2. The number of amides is 2. The molecule has 1 heterocycles. The Morgan fingerprint density at radius 3 is 2.42 bits per heavy atom. The lowest BCUT2D eigenvalue weighted by atomic mass is 9.95. The van der Waals surface area contributed by atoms with Crippen molar-refractivity contribution in [1.82, 2.24) is 15.1 Å². The second kappa shape index (κ2) is 11.7. The Hall–Kier alpha value is -3.84. The van der Waals surface area contributed by atoms with E-state index >= 15 is 0 Å². The van der Waals surface area contributed by atoms with Crippen molar-refractivity contribution in [3.63, 3.8) is 0 Å². The van der Waals surface area contributed by atoms with Crippen LogP contribution in [0.5, 0.6) is 11.5 Å². The Labute approximate surface area is 211 Å². The zero-order valence-corrected chi connectivity index (χ0v) is 20.5. The highest BCUT2D eigenvalue weighted by molar-refractivity contribution is 6.00. The summed E-state index contributed by atoms with van der Waals surface area (Å²) >= 11 is 0. The maximum absolute atomic E-state index is 12.5. The molecule has 1 fully saturated rings. The molecule has 1 saturated carbocycles. The normalized spacial score (nSPS) is 14.0. The third-order valence-electron chi connectivity index (χ3n) is 6.51. The van der Waals surface area contributed by atoms with E-state index < -0.39 is 0 Å². The fraction of sp³-hybridized carbons (Fsp3) is 0.310. The molecule has 7 nitrogen and oxygen atoms in total. The largest absolute Gasteiger partial charge is 0.457 e. The number of carbonyl (C=O) groups is 1. The first-order valence-electron chi connectivity index (χ1n) is 12.8. The summed E-state index contributed by atoms with van der Waals surface area (Å²) in [5.74, 6) is 1.47. The average Bonchev–Trinajstić information content (AvgIpc) is 3.31. The molecule has 0 radical (unpaired) electrons. The molecular formula is C29H33N5O2. The SMILES string of the molecule is O=C(Nc1ccc(Oc2ccccc2)cc1)Nc1ccc2cn(CCCNC3CCCCC3)nc2c1. The van der Waals surface area contributed by atoms with Crippen molar-refractivity contribution in [2.45, 2.75) is 51.1 Å². The maximum atomic E-state index is 12.5. The number of benzene rings is 3. The van der Waals surface area contributed by atoms with Gasteiger partial charge in [-0.1, -0.05) is 37.5 Å². The number of hydrogen-bond acceptors (Lipinski definition) is 4. The smallest absolute Gasteiger partial charge is 0.323 e. The number of fused-ring (bicyclic) bond motifs is 1. The van der Waals surface area contributed by atoms with Crippen LogP contribution in [0, 0.1) is 0 Å². The quantitative estimate of drug-likeness (QED) is 0.229. The van der Waals surface area contributed by atoms with Crippen LogP contribution in [0.1, 0.15) is 38.5 Å². The molecule has 3 aromatic carbocycles. The van der Waals surface area contributed by atoms with Crippen LogP contribution in [0.15, 0.2) is 79.0 Å². The van der Waals surface area contributed by atoms with Crippen molar-refractivity contribution in [2.24, 2.45) is 0 Å². The first-order valence-corrected chi connectivity index (χ1v) is 12.8. The number of anilines is 2. The highest BCUT2D eigenvalue weighted by Crippen LogP contribution is 2.23. The van der Waals surface area contributed by atoms with Gasteiger partial charge >= 0.3 is 6.03 Å². The van der Waals surface area contributed by atoms with E-state index in [1.807, 2.05) is 77.5 Å². The van der Waals surface area contributed by atoms with Crippen LogP contribution in [-0.2, 0) is 6.54 Å². The minimum Gasteiger partial charge on any atom is -0.457 e. The molecule has 2 amide bonds. The summed E-state index contributed by atoms with van der Waals surface area (Å²) in [5.41, 5.74) is 2.25. The van der Waals surface area contributed by atoms with E-state index in [1.54, 1.807) is 0 Å². The van der Waals surface area contributed by atoms with Gasteiger partial charge in [-0.3, -0.25) is 4.68 Å². The molecule has 0 aliphatic heterocycles. The predicted molar refractivity (Wildman–Crippen MR) is 145 cm³/mol. The molecule has 186 valence electrons. The van der Waals surface area contributed by atoms with E-state index in [1.165, 1.54) is 32.1 Å². The maximum Gasteiger partial charge on any atom is 0.323 e. The van der Waals surface area contributed by atoms with E-state index in [4.69, 9.17) is 9.84 Å². The minimum atomic E-state index is -0.306. The molecule has 1 aliphatic rings. The molecule has 5 rings (SSSR count). The zero-order valence-electron chi connectivity index (χ0n) is 20.5. The van der Waals surface area contributed by atoms with Gasteiger partial charge in [0.05, 0.1) is 5.52 Å². The molecular weight excluding hydrogens is 450 g/mol. The van der Waals surface area contributed by atoms with Gasteiger partial charge < -0.3 is 20.7 Å². The highest BCUT2D eigenvalue weighted by Gasteiger charge is 2.12. The molecule has 36 heavy (non-hydrogen) atoms. The lowest BCUT2D eigenvalue weighted by Crippen LogP contribution is -2.32. The van der Waals surface area contributed by atoms with Gasteiger partial charge in [0.15, 0.2) is 0 Å². The third-order valence-corrected chi connectivity index (χ3v) is 6.51. The predicted octanol–water partition coefficient (Wildman–Crippen LogP) is 6.79. The van der Waals surface area contributed by atoms with E-state index in [0.29, 0.717) is 23.2 Å². The van der Waals surface area contributed by atoms with Crippen molar-refractivity contribution < 1.29 is 9.53 Å². The summed E-state index contributed by atoms with van der Waals surface area (Å²) in [4.78, 5) is 12.5. The van der Waals surface area contributed by atoms with Crippen LogP contribution in [0.2, 0.25) is 0 Å². The Morgan fingerprint density at radius 2 is 1.61 bits per heavy atom. The van der Waals surface area contributed by atoms with Crippen LogP contribution >= 0.6 is 0 Å². The number of nitrogens with zero attached hydrogens (tertiary/aromatic N) is 2. The summed E-state index contributed by atoms with van der Waals surface area (Å²) in [7, 11) is 0. The van der Waals surface area contributed by atoms with Crippen LogP contribution in [0.4, 0.5) is 16.2 Å². The first kappa shape index (κ1) is 23.9. The van der Waals surface area contributed by atoms with E-state index in [0.717, 1.165) is 36.2 Å². The van der Waals surface area contributed by atoms with Crippen molar-refractivity contribution in [1.29, 1.82) is 0 Å². The van der Waals surface area contributed by atoms with Gasteiger partial charge in [0, 0.05) is 35.5 Å². The summed E-state index contributed by atoms with van der Waals surface area (Å²) in [6.45, 7) is 1.90. The lowest BCUT2D eigenvalue weighted by Gasteiger charge is -2.22. The van der Waals surface area contributed by atoms with E-state index in [9.17, 15) is 4.79 Å². The molecule has 4 aromatic rings. The number of carbonyl (C=O) groups excluding carboxylic acids is 1. The van der Waals surface area contributed by atoms with Gasteiger partial charge in [0.1, 0.15) is 11.5 Å². The van der Waals surface area contributed by atoms with Crippen molar-refractivity contribution in [2.75, 3.05) is 17.2 Å². The standard InChI is InChI=1S/C29H33N5O2/c35-29(31-24-14-16-27(17-15-24)36-26-10-5-2-6-11-26)32-25-13-12-22-21-34(33-28(22)20-25)19-7-18-30-23-8-3-1-4-9-23/h2,5-6,10-17,20-21,23,30H,1,3-4,7-9,18-19H2,(H2,31,32,35). The Morgan fingerprint density at radius 1 is 0.889 bits per heavy atom. The van der Waals surface area contributed by atoms with E-state index in [2.05, 4.69) is 22.1 Å². The molecule has 0 saturated heterocycles. The fourth-order valence-electron chi connectivity index (χ4n) is 4.64. The highest BCUT2D eigenvalue weighted by atomic mass is 16.5. The van der Waals surface area contributed by atoms with Gasteiger partial charge in [-0.2, -0.15) is 5.10 Å². The minimum absolute atomic E-state index is 0.306. The molecule has 0 atom stereocenters. The number of ether oxygens (including phenoxy) is 1. The second-order valence-electron chi connectivity index (χ2n) is 9.33. The van der Waals surface area contributed by atoms with Gasteiger partial charge in [0.25, 0.3) is 0 Å². The molecule has 1 aliphatic carbocycles. The number of para-hydroxylation sites is 1. The third kappa shape index (κ3) is 6.64. The molecule has 0 bridgehead atoms. The number of nitrogens with one attached hydrogen (secondary N) is 3. The number of urea groups is 1. The van der Waals surface area contributed by atoms with Crippen molar-refractivity contribution >= 4 is 28.3 Å². The topological polar surface area (TPSA) is 80.2 Å². The average molecular weight is 484 g/mol. The molecule has 0 spiro atoms. The first-order chi connectivity index (χ1) is 17.7. The summed E-state index contributed by atoms with van der Waals surface area (Å²) in [5, 5.41) is 15.2. The summed E-state index contributed by atoms with van der Waals surface area (Å²) in [6.07, 6.45) is 9.82. The Kier molecular flexibility index (Phi) is 7.78. The van der Waals surface area contributed by atoms with Crippen LogP contribution < -0.4 is 20.7 Å². The number of aryl methyl sites for hydroxylation is 1. The molecule has 0 unspecified atom stereocenters. The fourth-order valence-corrected chi connectivity index (χ4v) is 4.64. The van der Waals surface area contributed by atoms with E-state index in [-0.39, 0.29) is 6.03 Å². The molecule has 7 heteroatoms. The Bertz CT molecular complexity index is 1260. The van der Waals surface area contributed by atoms with Crippen molar-refractivity contribution in [3.8, 4) is 11.5 Å². The van der Waals surface area contributed by atoms with Gasteiger partial charge in [-0.15, -0.1) is 0 Å². The zero-order chi connectivity index (χ0) is 24.6. The Balaban J connectivity index is 1.10. The van der Waals surface area contributed by atoms with Gasteiger partial charge in [0.2, 0.25) is 0 Å². The van der Waals surface area contributed by atoms with Crippen LogP contribution in [0.3, 0.4) is 0 Å². The van der Waals surface area contributed by atoms with Crippen LogP contribution in [-0.4, -0.2) is 28.4 Å². The summed E-state index contributed by atoms with van der Waals surface area (Å²) < 4.78 is 7.79. The summed E-state index contributed by atoms with van der Waals surface area (Å²) in [6, 6.07) is 23.0.